The molecule has 1 aliphatic heterocycles. The quantitative estimate of drug-likeness (QED) is 0.680. The number of carbonyl (C=O) groups is 2. The molecule has 0 aromatic carbocycles. The highest BCUT2D eigenvalue weighted by Gasteiger charge is 2.31. The molecule has 0 radical (unpaired) electrons. The van der Waals surface area contributed by atoms with Crippen molar-refractivity contribution in [1.29, 1.82) is 0 Å². The van der Waals surface area contributed by atoms with E-state index in [-0.39, 0.29) is 12.1 Å². The van der Waals surface area contributed by atoms with Crippen LogP contribution in [0.4, 0.5) is 9.59 Å². The molecule has 1 saturated heterocycles. The monoisotopic (exact) mass is 372 g/mol. The van der Waals surface area contributed by atoms with E-state index in [0.717, 1.165) is 13.0 Å². The third-order valence-corrected chi connectivity index (χ3v) is 3.65. The first kappa shape index (κ1) is 22.5. The molecule has 0 spiro atoms. The van der Waals surface area contributed by atoms with Crippen molar-refractivity contribution >= 4 is 12.2 Å². The molecule has 0 bridgehead atoms. The summed E-state index contributed by atoms with van der Waals surface area (Å²) in [4.78, 5) is 26.4. The molecule has 0 aromatic rings. The largest absolute Gasteiger partial charge is 0.444 e. The van der Waals surface area contributed by atoms with Crippen LogP contribution in [0.3, 0.4) is 0 Å². The number of rotatable bonds is 5. The lowest BCUT2D eigenvalue weighted by Gasteiger charge is -2.38. The second-order valence-corrected chi connectivity index (χ2v) is 8.82. The lowest BCUT2D eigenvalue weighted by molar-refractivity contribution is 0.0413. The van der Waals surface area contributed by atoms with Crippen molar-refractivity contribution < 1.29 is 19.1 Å². The molecule has 0 aliphatic carbocycles. The van der Waals surface area contributed by atoms with E-state index in [0.29, 0.717) is 26.1 Å². The van der Waals surface area contributed by atoms with E-state index in [2.05, 4.69) is 15.5 Å². The van der Waals surface area contributed by atoms with Gasteiger partial charge < -0.3 is 25.8 Å². The zero-order chi connectivity index (χ0) is 20.0. The first-order chi connectivity index (χ1) is 11.9. The molecular weight excluding hydrogens is 336 g/mol. The topological polar surface area (TPSA) is 106 Å². The highest BCUT2D eigenvalue weighted by Crippen LogP contribution is 2.15. The standard InChI is InChI=1S/C18H36N4O4/c1-17(2,3)25-15(23)20-13-10-14(12-22(11-13)9-7-8-19)21-16(24)26-18(4,5)6/h13-14H,7-12,19H2,1-6H3,(H,20,23)(H,21,24). The van der Waals surface area contributed by atoms with Crippen LogP contribution >= 0.6 is 0 Å². The molecule has 2 amide bonds. The van der Waals surface area contributed by atoms with Crippen LogP contribution in [-0.4, -0.2) is 66.6 Å². The smallest absolute Gasteiger partial charge is 0.407 e. The first-order valence-corrected chi connectivity index (χ1v) is 9.29. The van der Waals surface area contributed by atoms with Gasteiger partial charge in [0, 0.05) is 25.2 Å². The van der Waals surface area contributed by atoms with Crippen LogP contribution in [0.5, 0.6) is 0 Å². The normalized spacial score (nSPS) is 21.8. The van der Waals surface area contributed by atoms with Gasteiger partial charge in [-0.3, -0.25) is 4.90 Å². The molecule has 1 heterocycles. The third kappa shape index (κ3) is 9.82. The molecule has 26 heavy (non-hydrogen) atoms. The molecule has 0 saturated carbocycles. The average molecular weight is 373 g/mol. The van der Waals surface area contributed by atoms with E-state index in [4.69, 9.17) is 15.2 Å². The van der Waals surface area contributed by atoms with Gasteiger partial charge in [-0.2, -0.15) is 0 Å². The number of likely N-dealkylation sites (tertiary alicyclic amines) is 1. The van der Waals surface area contributed by atoms with Gasteiger partial charge in [0.25, 0.3) is 0 Å². The Morgan fingerprint density at radius 3 is 1.73 bits per heavy atom. The second kappa shape index (κ2) is 9.41. The molecule has 8 nitrogen and oxygen atoms in total. The van der Waals surface area contributed by atoms with Crippen molar-refractivity contribution in [2.45, 2.75) is 77.7 Å². The van der Waals surface area contributed by atoms with Crippen molar-refractivity contribution in [3.05, 3.63) is 0 Å². The number of alkyl carbamates (subject to hydrolysis) is 2. The van der Waals surface area contributed by atoms with Gasteiger partial charge in [0.15, 0.2) is 0 Å². The fourth-order valence-corrected chi connectivity index (χ4v) is 2.85. The SMILES string of the molecule is CC(C)(C)OC(=O)NC1CC(NC(=O)OC(C)(C)C)CN(CCCN)C1. The summed E-state index contributed by atoms with van der Waals surface area (Å²) in [5.74, 6) is 0. The highest BCUT2D eigenvalue weighted by atomic mass is 16.6. The van der Waals surface area contributed by atoms with Crippen molar-refractivity contribution in [2.75, 3.05) is 26.2 Å². The van der Waals surface area contributed by atoms with E-state index in [1.165, 1.54) is 0 Å². The van der Waals surface area contributed by atoms with E-state index in [1.807, 2.05) is 41.5 Å². The van der Waals surface area contributed by atoms with Gasteiger partial charge in [0.2, 0.25) is 0 Å². The number of carbonyl (C=O) groups excluding carboxylic acids is 2. The minimum absolute atomic E-state index is 0.115. The number of nitrogens with two attached hydrogens (primary N) is 1. The number of ether oxygens (including phenoxy) is 2. The number of piperidine rings is 1. The molecule has 8 heteroatoms. The summed E-state index contributed by atoms with van der Waals surface area (Å²) in [7, 11) is 0. The predicted molar refractivity (Wildman–Crippen MR) is 101 cm³/mol. The fraction of sp³-hybridized carbons (Fsp3) is 0.889. The van der Waals surface area contributed by atoms with Gasteiger partial charge in [0.05, 0.1) is 0 Å². The number of hydrogen-bond donors (Lipinski definition) is 3. The second-order valence-electron chi connectivity index (χ2n) is 8.82. The maximum atomic E-state index is 12.1. The van der Waals surface area contributed by atoms with Crippen molar-refractivity contribution in [3.63, 3.8) is 0 Å². The van der Waals surface area contributed by atoms with Crippen molar-refractivity contribution in [3.8, 4) is 0 Å². The Balaban J connectivity index is 2.66. The summed E-state index contributed by atoms with van der Waals surface area (Å²) in [6, 6.07) is -0.229. The lowest BCUT2D eigenvalue weighted by Crippen LogP contribution is -2.58. The summed E-state index contributed by atoms with van der Waals surface area (Å²) < 4.78 is 10.7. The van der Waals surface area contributed by atoms with Gasteiger partial charge in [-0.15, -0.1) is 0 Å². The molecule has 1 fully saturated rings. The van der Waals surface area contributed by atoms with Crippen molar-refractivity contribution in [1.82, 2.24) is 15.5 Å². The Kier molecular flexibility index (Phi) is 8.15. The van der Waals surface area contributed by atoms with Crippen LogP contribution in [-0.2, 0) is 9.47 Å². The summed E-state index contributed by atoms with van der Waals surface area (Å²) >= 11 is 0. The van der Waals surface area contributed by atoms with Gasteiger partial charge >= 0.3 is 12.2 Å². The zero-order valence-corrected chi connectivity index (χ0v) is 17.1. The minimum Gasteiger partial charge on any atom is -0.444 e. The van der Waals surface area contributed by atoms with Gasteiger partial charge in [-0.05, 0) is 67.5 Å². The molecule has 0 aromatic heterocycles. The number of amides is 2. The van der Waals surface area contributed by atoms with Crippen molar-refractivity contribution in [2.24, 2.45) is 5.73 Å². The molecular formula is C18H36N4O4. The Morgan fingerprint density at radius 1 is 0.962 bits per heavy atom. The van der Waals surface area contributed by atoms with E-state index >= 15 is 0 Å². The molecule has 4 N–H and O–H groups in total. The van der Waals surface area contributed by atoms with Gasteiger partial charge in [0.1, 0.15) is 11.2 Å². The van der Waals surface area contributed by atoms with Crippen LogP contribution in [0, 0.1) is 0 Å². The summed E-state index contributed by atoms with van der Waals surface area (Å²) in [6.07, 6.45) is 0.592. The molecule has 2 unspecified atom stereocenters. The number of hydrogen-bond acceptors (Lipinski definition) is 6. The maximum Gasteiger partial charge on any atom is 0.407 e. The number of nitrogens with one attached hydrogen (secondary N) is 2. The summed E-state index contributed by atoms with van der Waals surface area (Å²) in [5.41, 5.74) is 4.51. The Hall–Kier alpha value is -1.54. The first-order valence-electron chi connectivity index (χ1n) is 9.29. The van der Waals surface area contributed by atoms with Crippen LogP contribution in [0.15, 0.2) is 0 Å². The highest BCUT2D eigenvalue weighted by molar-refractivity contribution is 5.69. The zero-order valence-electron chi connectivity index (χ0n) is 17.1. The Bertz CT molecular complexity index is 433. The van der Waals surface area contributed by atoms with Crippen LogP contribution in [0.2, 0.25) is 0 Å². The third-order valence-electron chi connectivity index (χ3n) is 3.65. The average Bonchev–Trinajstić information content (AvgIpc) is 2.40. The van der Waals surface area contributed by atoms with Gasteiger partial charge in [-0.1, -0.05) is 0 Å². The number of nitrogens with zero attached hydrogens (tertiary/aromatic N) is 1. The van der Waals surface area contributed by atoms with Crippen LogP contribution < -0.4 is 16.4 Å². The van der Waals surface area contributed by atoms with E-state index in [9.17, 15) is 9.59 Å². The molecule has 1 aliphatic rings. The minimum atomic E-state index is -0.549. The molecule has 152 valence electrons. The van der Waals surface area contributed by atoms with Gasteiger partial charge in [-0.25, -0.2) is 9.59 Å². The Morgan fingerprint density at radius 2 is 1.38 bits per heavy atom. The van der Waals surface area contributed by atoms with E-state index < -0.39 is 23.4 Å². The van der Waals surface area contributed by atoms with Crippen LogP contribution in [0.25, 0.3) is 0 Å². The molecule has 2 atom stereocenters. The van der Waals surface area contributed by atoms with Crippen LogP contribution in [0.1, 0.15) is 54.4 Å². The van der Waals surface area contributed by atoms with E-state index in [1.54, 1.807) is 0 Å². The predicted octanol–water partition coefficient (Wildman–Crippen LogP) is 1.83. The maximum absolute atomic E-state index is 12.1. The lowest BCUT2D eigenvalue weighted by atomic mass is 10.0. The fourth-order valence-electron chi connectivity index (χ4n) is 2.85. The summed E-state index contributed by atoms with van der Waals surface area (Å²) in [5, 5.41) is 5.81. The summed E-state index contributed by atoms with van der Waals surface area (Å²) in [6.45, 7) is 13.8. The molecule has 1 rings (SSSR count). The Labute approximate surface area is 157 Å².